The Labute approximate surface area is 149 Å². The lowest BCUT2D eigenvalue weighted by Crippen LogP contribution is -2.43. The van der Waals surface area contributed by atoms with Crippen LogP contribution in [0.3, 0.4) is 0 Å². The number of aromatic nitrogens is 2. The highest BCUT2D eigenvalue weighted by Crippen LogP contribution is 2.32. The van der Waals surface area contributed by atoms with Crippen molar-refractivity contribution in [2.24, 2.45) is 0 Å². The van der Waals surface area contributed by atoms with Crippen molar-refractivity contribution in [2.45, 2.75) is 56.1 Å². The van der Waals surface area contributed by atoms with E-state index in [0.29, 0.717) is 19.0 Å². The monoisotopic (exact) mass is 359 g/mol. The molecule has 6 heteroatoms. The van der Waals surface area contributed by atoms with Crippen LogP contribution < -0.4 is 0 Å². The largest absolute Gasteiger partial charge is 0.237 e. The summed E-state index contributed by atoms with van der Waals surface area (Å²) in [5, 5.41) is 0.893. The molecule has 0 atom stereocenters. The number of hydrogen-bond acceptors (Lipinski definition) is 4. The second kappa shape index (κ2) is 7.00. The van der Waals surface area contributed by atoms with E-state index in [1.165, 1.54) is 6.42 Å². The summed E-state index contributed by atoms with van der Waals surface area (Å²) in [4.78, 5) is 9.03. The highest BCUT2D eigenvalue weighted by Gasteiger charge is 2.35. The molecule has 0 radical (unpaired) electrons. The van der Waals surface area contributed by atoms with Crippen LogP contribution in [0.25, 0.3) is 11.0 Å². The molecule has 25 heavy (non-hydrogen) atoms. The van der Waals surface area contributed by atoms with Crippen LogP contribution in [0.4, 0.5) is 0 Å². The van der Waals surface area contributed by atoms with Crippen molar-refractivity contribution in [3.63, 3.8) is 0 Å². The van der Waals surface area contributed by atoms with E-state index < -0.39 is 10.0 Å². The predicted molar refractivity (Wildman–Crippen MR) is 98.9 cm³/mol. The van der Waals surface area contributed by atoms with Crippen LogP contribution >= 0.6 is 0 Å². The molecule has 4 rings (SSSR count). The fraction of sp³-hybridized carbons (Fsp3) is 0.579. The number of hydrogen-bond donors (Lipinski definition) is 0. The molecule has 1 saturated heterocycles. The SMILES string of the molecule is O=S(=O)(C1CCCCC1)N1CCC(c2ccc3cccnc3n2)CC1. The van der Waals surface area contributed by atoms with Crippen molar-refractivity contribution < 1.29 is 8.42 Å². The fourth-order valence-corrected chi connectivity index (χ4v) is 6.25. The molecule has 2 fully saturated rings. The van der Waals surface area contributed by atoms with Gasteiger partial charge in [-0.25, -0.2) is 22.7 Å². The van der Waals surface area contributed by atoms with E-state index in [0.717, 1.165) is 55.3 Å². The van der Waals surface area contributed by atoms with E-state index in [1.807, 2.05) is 12.1 Å². The van der Waals surface area contributed by atoms with Gasteiger partial charge in [0.25, 0.3) is 0 Å². The topological polar surface area (TPSA) is 63.2 Å². The Morgan fingerprint density at radius 3 is 2.48 bits per heavy atom. The lowest BCUT2D eigenvalue weighted by Gasteiger charge is -2.34. The van der Waals surface area contributed by atoms with Crippen LogP contribution in [0.5, 0.6) is 0 Å². The van der Waals surface area contributed by atoms with Gasteiger partial charge >= 0.3 is 0 Å². The van der Waals surface area contributed by atoms with Gasteiger partial charge in [-0.2, -0.15) is 0 Å². The Morgan fingerprint density at radius 2 is 1.72 bits per heavy atom. The average molecular weight is 359 g/mol. The summed E-state index contributed by atoms with van der Waals surface area (Å²) in [5.41, 5.74) is 1.82. The second-order valence-corrected chi connectivity index (χ2v) is 9.48. The minimum absolute atomic E-state index is 0.152. The zero-order chi connectivity index (χ0) is 17.3. The molecule has 1 saturated carbocycles. The Hall–Kier alpha value is -1.53. The molecule has 134 valence electrons. The molecule has 0 N–H and O–H groups in total. The summed E-state index contributed by atoms with van der Waals surface area (Å²) in [6, 6.07) is 8.06. The van der Waals surface area contributed by atoms with Gasteiger partial charge in [-0.15, -0.1) is 0 Å². The predicted octanol–water partition coefficient (Wildman–Crippen LogP) is 3.47. The maximum Gasteiger partial charge on any atom is 0.216 e. The smallest absolute Gasteiger partial charge is 0.216 e. The molecular weight excluding hydrogens is 334 g/mol. The minimum atomic E-state index is -3.12. The fourth-order valence-electron chi connectivity index (χ4n) is 4.17. The van der Waals surface area contributed by atoms with Crippen LogP contribution in [-0.2, 0) is 10.0 Å². The van der Waals surface area contributed by atoms with Crippen molar-refractivity contribution in [1.82, 2.24) is 14.3 Å². The van der Waals surface area contributed by atoms with Crippen LogP contribution in [0.15, 0.2) is 30.5 Å². The zero-order valence-electron chi connectivity index (χ0n) is 14.5. The quantitative estimate of drug-likeness (QED) is 0.842. The number of sulfonamides is 1. The summed E-state index contributed by atoms with van der Waals surface area (Å²) in [7, 11) is -3.12. The van der Waals surface area contributed by atoms with Crippen molar-refractivity contribution in [1.29, 1.82) is 0 Å². The summed E-state index contributed by atoms with van der Waals surface area (Å²) >= 11 is 0. The van der Waals surface area contributed by atoms with Crippen LogP contribution in [0.2, 0.25) is 0 Å². The molecule has 2 aromatic rings. The average Bonchev–Trinajstić information content (AvgIpc) is 2.68. The summed E-state index contributed by atoms with van der Waals surface area (Å²) in [6.07, 6.45) is 8.39. The molecule has 2 aliphatic rings. The Balaban J connectivity index is 1.45. The zero-order valence-corrected chi connectivity index (χ0v) is 15.3. The molecule has 0 unspecified atom stereocenters. The molecule has 1 aliphatic carbocycles. The van der Waals surface area contributed by atoms with E-state index in [4.69, 9.17) is 4.98 Å². The molecule has 1 aliphatic heterocycles. The third kappa shape index (κ3) is 3.42. The number of fused-ring (bicyclic) bond motifs is 1. The highest BCUT2D eigenvalue weighted by molar-refractivity contribution is 7.89. The van der Waals surface area contributed by atoms with Gasteiger partial charge in [-0.1, -0.05) is 19.3 Å². The van der Waals surface area contributed by atoms with Crippen molar-refractivity contribution in [3.05, 3.63) is 36.2 Å². The Morgan fingerprint density at radius 1 is 0.960 bits per heavy atom. The van der Waals surface area contributed by atoms with Gasteiger partial charge in [0.1, 0.15) is 0 Å². The number of nitrogens with zero attached hydrogens (tertiary/aromatic N) is 3. The Bertz CT molecular complexity index is 839. The van der Waals surface area contributed by atoms with E-state index in [-0.39, 0.29) is 5.25 Å². The highest BCUT2D eigenvalue weighted by atomic mass is 32.2. The maximum atomic E-state index is 12.9. The van der Waals surface area contributed by atoms with Crippen molar-refractivity contribution in [2.75, 3.05) is 13.1 Å². The number of piperidine rings is 1. The normalized spacial score (nSPS) is 21.6. The summed E-state index contributed by atoms with van der Waals surface area (Å²) in [5.74, 6) is 0.323. The molecule has 2 aromatic heterocycles. The molecular formula is C19H25N3O2S. The van der Waals surface area contributed by atoms with Crippen molar-refractivity contribution in [3.8, 4) is 0 Å². The van der Waals surface area contributed by atoms with Gasteiger partial charge in [-0.05, 0) is 49.9 Å². The van der Waals surface area contributed by atoms with Gasteiger partial charge in [0.05, 0.1) is 5.25 Å². The maximum absolute atomic E-state index is 12.9. The van der Waals surface area contributed by atoms with Gasteiger partial charge in [0.2, 0.25) is 10.0 Å². The molecule has 0 amide bonds. The minimum Gasteiger partial charge on any atom is -0.237 e. The molecule has 0 bridgehead atoms. The van der Waals surface area contributed by atoms with E-state index in [1.54, 1.807) is 10.5 Å². The molecule has 3 heterocycles. The molecule has 0 spiro atoms. The first kappa shape index (κ1) is 16.9. The summed E-state index contributed by atoms with van der Waals surface area (Å²) in [6.45, 7) is 1.23. The lowest BCUT2D eigenvalue weighted by molar-refractivity contribution is 0.309. The molecule has 0 aromatic carbocycles. The van der Waals surface area contributed by atoms with Gasteiger partial charge < -0.3 is 0 Å². The summed E-state index contributed by atoms with van der Waals surface area (Å²) < 4.78 is 27.5. The second-order valence-electron chi connectivity index (χ2n) is 7.26. The Kier molecular flexibility index (Phi) is 4.73. The third-order valence-corrected chi connectivity index (χ3v) is 8.09. The van der Waals surface area contributed by atoms with E-state index >= 15 is 0 Å². The first-order chi connectivity index (χ1) is 12.1. The van der Waals surface area contributed by atoms with E-state index in [9.17, 15) is 8.42 Å². The van der Waals surface area contributed by atoms with Crippen molar-refractivity contribution >= 4 is 21.1 Å². The van der Waals surface area contributed by atoms with Gasteiger partial charge in [-0.3, -0.25) is 0 Å². The first-order valence-electron chi connectivity index (χ1n) is 9.35. The van der Waals surface area contributed by atoms with Crippen LogP contribution in [-0.4, -0.2) is 41.0 Å². The lowest BCUT2D eigenvalue weighted by atomic mass is 9.94. The molecule has 5 nitrogen and oxygen atoms in total. The number of pyridine rings is 2. The van der Waals surface area contributed by atoms with Crippen LogP contribution in [0, 0.1) is 0 Å². The third-order valence-electron chi connectivity index (χ3n) is 5.69. The number of rotatable bonds is 3. The van der Waals surface area contributed by atoms with E-state index in [2.05, 4.69) is 17.1 Å². The first-order valence-corrected chi connectivity index (χ1v) is 10.9. The van der Waals surface area contributed by atoms with Gasteiger partial charge in [0, 0.05) is 36.3 Å². The van der Waals surface area contributed by atoms with Gasteiger partial charge in [0.15, 0.2) is 5.65 Å². The standard InChI is InChI=1S/C19H25N3O2S/c23-25(24,17-6-2-1-3-7-17)22-13-10-15(11-14-22)18-9-8-16-5-4-12-20-19(16)21-18/h4-5,8-9,12,15,17H,1-3,6-7,10-11,13-14H2. The van der Waals surface area contributed by atoms with Crippen LogP contribution in [0.1, 0.15) is 56.6 Å².